The second-order valence-electron chi connectivity index (χ2n) is 6.27. The summed E-state index contributed by atoms with van der Waals surface area (Å²) in [5, 5.41) is 3.18. The Hall–Kier alpha value is -1.70. The van der Waals surface area contributed by atoms with Gasteiger partial charge in [-0.25, -0.2) is 0 Å². The average molecular weight is 361 g/mol. The zero-order valence-electron chi connectivity index (χ0n) is 17.8. The Bertz CT molecular complexity index is 398. The van der Waals surface area contributed by atoms with Crippen molar-refractivity contribution >= 4 is 5.69 Å². The van der Waals surface area contributed by atoms with Crippen molar-refractivity contribution in [3.8, 4) is 0 Å². The molecule has 1 aromatic carbocycles. The van der Waals surface area contributed by atoms with Crippen LogP contribution in [0.25, 0.3) is 0 Å². The van der Waals surface area contributed by atoms with Crippen molar-refractivity contribution in [2.45, 2.75) is 72.6 Å². The van der Waals surface area contributed by atoms with E-state index >= 15 is 0 Å². The van der Waals surface area contributed by atoms with Crippen LogP contribution in [0.4, 0.5) is 5.69 Å². The summed E-state index contributed by atoms with van der Waals surface area (Å²) in [5.74, 6) is 2.16. The smallest absolute Gasteiger partial charge is 0.0342 e. The molecule has 0 amide bonds. The molecule has 0 aromatic heterocycles. The summed E-state index contributed by atoms with van der Waals surface area (Å²) in [6.45, 7) is 16.3. The third-order valence-electron chi connectivity index (χ3n) is 4.47. The van der Waals surface area contributed by atoms with Gasteiger partial charge in [0.25, 0.3) is 0 Å². The zero-order valence-corrected chi connectivity index (χ0v) is 17.8. The van der Waals surface area contributed by atoms with E-state index in [0.717, 1.165) is 24.1 Å². The van der Waals surface area contributed by atoms with Gasteiger partial charge < -0.3 is 11.1 Å². The molecular formula is C24H44N2. The molecule has 2 rings (SSSR count). The number of hydrogen-bond donors (Lipinski definition) is 2. The number of para-hydroxylation sites is 1. The summed E-state index contributed by atoms with van der Waals surface area (Å²) >= 11 is 0. The maximum Gasteiger partial charge on any atom is 0.0342 e. The van der Waals surface area contributed by atoms with E-state index in [-0.39, 0.29) is 0 Å². The molecule has 0 saturated heterocycles. The van der Waals surface area contributed by atoms with Gasteiger partial charge in [0, 0.05) is 12.2 Å². The Morgan fingerprint density at radius 1 is 1.04 bits per heavy atom. The van der Waals surface area contributed by atoms with Gasteiger partial charge in [0.1, 0.15) is 0 Å². The molecule has 0 bridgehead atoms. The van der Waals surface area contributed by atoms with E-state index in [1.54, 1.807) is 0 Å². The van der Waals surface area contributed by atoms with Crippen LogP contribution in [0.3, 0.4) is 0 Å². The zero-order chi connectivity index (χ0) is 20.0. The van der Waals surface area contributed by atoms with Crippen molar-refractivity contribution in [2.24, 2.45) is 17.6 Å². The molecule has 2 atom stereocenters. The molecule has 1 aliphatic carbocycles. The lowest BCUT2D eigenvalue weighted by atomic mass is 9.76. The van der Waals surface area contributed by atoms with Crippen molar-refractivity contribution in [3.05, 3.63) is 55.8 Å². The van der Waals surface area contributed by atoms with Crippen LogP contribution in [0.5, 0.6) is 0 Å². The van der Waals surface area contributed by atoms with E-state index < -0.39 is 0 Å². The van der Waals surface area contributed by atoms with Crippen LogP contribution in [-0.2, 0) is 0 Å². The molecular weight excluding hydrogens is 316 g/mol. The molecule has 0 aliphatic heterocycles. The molecule has 26 heavy (non-hydrogen) atoms. The van der Waals surface area contributed by atoms with Gasteiger partial charge in [-0.3, -0.25) is 0 Å². The van der Waals surface area contributed by atoms with E-state index in [2.05, 4.69) is 38.1 Å². The summed E-state index contributed by atoms with van der Waals surface area (Å²) in [7, 11) is 0. The summed E-state index contributed by atoms with van der Waals surface area (Å²) < 4.78 is 0. The van der Waals surface area contributed by atoms with Crippen molar-refractivity contribution in [2.75, 3.05) is 11.9 Å². The van der Waals surface area contributed by atoms with Gasteiger partial charge in [0.15, 0.2) is 0 Å². The third-order valence-corrected chi connectivity index (χ3v) is 4.47. The first-order valence-corrected chi connectivity index (χ1v) is 10.5. The van der Waals surface area contributed by atoms with Crippen molar-refractivity contribution in [3.63, 3.8) is 0 Å². The molecule has 1 fully saturated rings. The molecule has 0 spiro atoms. The van der Waals surface area contributed by atoms with Gasteiger partial charge in [-0.05, 0) is 30.2 Å². The highest BCUT2D eigenvalue weighted by atomic mass is 14.8. The molecule has 1 aliphatic rings. The summed E-state index contributed by atoms with van der Waals surface area (Å²) in [6, 6.07) is 10.1. The lowest BCUT2D eigenvalue weighted by Crippen LogP contribution is -2.18. The van der Waals surface area contributed by atoms with E-state index in [9.17, 15) is 0 Å². The maximum absolute atomic E-state index is 4.61. The molecule has 150 valence electrons. The highest BCUT2D eigenvalue weighted by molar-refractivity contribution is 5.42. The van der Waals surface area contributed by atoms with Crippen LogP contribution in [0, 0.1) is 11.8 Å². The van der Waals surface area contributed by atoms with Crippen LogP contribution < -0.4 is 11.1 Å². The highest BCUT2D eigenvalue weighted by Crippen LogP contribution is 2.34. The van der Waals surface area contributed by atoms with Crippen LogP contribution >= 0.6 is 0 Å². The maximum atomic E-state index is 4.61. The van der Waals surface area contributed by atoms with E-state index in [0.29, 0.717) is 0 Å². The van der Waals surface area contributed by atoms with Gasteiger partial charge in [0.2, 0.25) is 0 Å². The third kappa shape index (κ3) is 14.6. The summed E-state index contributed by atoms with van der Waals surface area (Å²) in [6.07, 6.45) is 13.4. The Balaban J connectivity index is 0. The van der Waals surface area contributed by atoms with Gasteiger partial charge in [0.05, 0.1) is 0 Å². The molecule has 3 N–H and O–H groups in total. The lowest BCUT2D eigenvalue weighted by Gasteiger charge is -2.30. The van der Waals surface area contributed by atoms with Crippen LogP contribution in [-0.4, -0.2) is 6.54 Å². The average Bonchev–Trinajstić information content (AvgIpc) is 2.70. The number of anilines is 1. The fraction of sp³-hybridized carbons (Fsp3) is 0.583. The second kappa shape index (κ2) is 21.3. The predicted molar refractivity (Wildman–Crippen MR) is 122 cm³/mol. The minimum absolute atomic E-state index is 0.823. The van der Waals surface area contributed by atoms with Crippen LogP contribution in [0.1, 0.15) is 72.6 Å². The normalized spacial score (nSPS) is 17.7. The predicted octanol–water partition coefficient (Wildman–Crippen LogP) is 7.40. The number of nitrogens with two attached hydrogens (primary N) is 1. The quantitative estimate of drug-likeness (QED) is 0.518. The number of nitrogens with one attached hydrogen (secondary N) is 1. The minimum atomic E-state index is 0.823. The molecule has 0 radical (unpaired) electrons. The SMILES string of the molecule is C=CCNc1ccccc1.C=CN.CC.CCCC1CCCCC1CC. The fourth-order valence-corrected chi connectivity index (χ4v) is 3.32. The Labute approximate surface area is 164 Å². The van der Waals surface area contributed by atoms with Crippen molar-refractivity contribution in [1.82, 2.24) is 0 Å². The molecule has 0 heterocycles. The topological polar surface area (TPSA) is 38.0 Å². The first-order chi connectivity index (χ1) is 12.7. The number of rotatable bonds is 6. The molecule has 1 aromatic rings. The monoisotopic (exact) mass is 360 g/mol. The van der Waals surface area contributed by atoms with E-state index in [1.165, 1.54) is 51.1 Å². The van der Waals surface area contributed by atoms with Gasteiger partial charge in [-0.15, -0.1) is 6.58 Å². The molecule has 2 nitrogen and oxygen atoms in total. The highest BCUT2D eigenvalue weighted by Gasteiger charge is 2.22. The van der Waals surface area contributed by atoms with Crippen LogP contribution in [0.2, 0.25) is 0 Å². The summed E-state index contributed by atoms with van der Waals surface area (Å²) in [4.78, 5) is 0. The molecule has 1 saturated carbocycles. The number of hydrogen-bond acceptors (Lipinski definition) is 2. The Morgan fingerprint density at radius 2 is 1.58 bits per heavy atom. The second-order valence-corrected chi connectivity index (χ2v) is 6.27. The Morgan fingerprint density at radius 3 is 2.04 bits per heavy atom. The van der Waals surface area contributed by atoms with E-state index in [1.807, 2.05) is 50.3 Å². The largest absolute Gasteiger partial charge is 0.405 e. The molecule has 2 heteroatoms. The first-order valence-electron chi connectivity index (χ1n) is 10.5. The van der Waals surface area contributed by atoms with Gasteiger partial charge >= 0.3 is 0 Å². The van der Waals surface area contributed by atoms with Gasteiger partial charge in [-0.1, -0.05) is 103 Å². The fourth-order valence-electron chi connectivity index (χ4n) is 3.32. The van der Waals surface area contributed by atoms with Crippen molar-refractivity contribution in [1.29, 1.82) is 0 Å². The standard InChI is InChI=1S/C11H22.C9H11N.C2H5N.C2H6/c1-3-7-11-9-6-5-8-10(11)4-2;1-2-8-10-9-6-4-3-5-7-9;1-2-3;1-2/h10-11H,3-9H2,1-2H3;2-7,10H,1,8H2;2H,1,3H2;1-2H3. The van der Waals surface area contributed by atoms with Crippen LogP contribution in [0.15, 0.2) is 55.8 Å². The summed E-state index contributed by atoms with van der Waals surface area (Å²) in [5.41, 5.74) is 5.75. The van der Waals surface area contributed by atoms with E-state index in [4.69, 9.17) is 0 Å². The Kier molecular flexibility index (Phi) is 21.8. The first kappa shape index (κ1) is 26.5. The number of benzene rings is 1. The van der Waals surface area contributed by atoms with Gasteiger partial charge in [-0.2, -0.15) is 0 Å². The van der Waals surface area contributed by atoms with Crippen molar-refractivity contribution < 1.29 is 0 Å². The minimum Gasteiger partial charge on any atom is -0.405 e. The molecule has 2 unspecified atom stereocenters. The lowest BCUT2D eigenvalue weighted by molar-refractivity contribution is 0.216.